The molecule has 0 unspecified atom stereocenters. The summed E-state index contributed by atoms with van der Waals surface area (Å²) in [4.78, 5) is 1.34. The maximum absolute atomic E-state index is 10.5. The van der Waals surface area contributed by atoms with E-state index >= 15 is 0 Å². The zero-order valence-electron chi connectivity index (χ0n) is 11.2. The first-order valence-electron chi connectivity index (χ1n) is 6.59. The van der Waals surface area contributed by atoms with Crippen molar-refractivity contribution >= 4 is 11.3 Å². The van der Waals surface area contributed by atoms with E-state index in [1.54, 1.807) is 11.3 Å². The summed E-state index contributed by atoms with van der Waals surface area (Å²) in [6, 6.07) is 4.19. The SMILES string of the molecule is CC1(C)C[C@](O)(CCNCc2cccs2)CCO1. The molecule has 18 heavy (non-hydrogen) atoms. The number of nitrogens with one attached hydrogen (secondary N) is 1. The summed E-state index contributed by atoms with van der Waals surface area (Å²) in [5.74, 6) is 0. The molecular formula is C14H23NO2S. The summed E-state index contributed by atoms with van der Waals surface area (Å²) in [6.07, 6.45) is 2.27. The fourth-order valence-corrected chi connectivity index (χ4v) is 3.28. The largest absolute Gasteiger partial charge is 0.390 e. The Hall–Kier alpha value is -0.420. The molecule has 0 aliphatic carbocycles. The van der Waals surface area contributed by atoms with Crippen LogP contribution in [-0.2, 0) is 11.3 Å². The van der Waals surface area contributed by atoms with Gasteiger partial charge >= 0.3 is 0 Å². The van der Waals surface area contributed by atoms with E-state index in [2.05, 4.69) is 36.7 Å². The van der Waals surface area contributed by atoms with E-state index in [1.165, 1.54) is 4.88 Å². The molecule has 1 atom stereocenters. The molecule has 102 valence electrons. The summed E-state index contributed by atoms with van der Waals surface area (Å²) in [6.45, 7) is 6.51. The zero-order chi connectivity index (χ0) is 13.1. The molecule has 1 saturated heterocycles. The average molecular weight is 269 g/mol. The summed E-state index contributed by atoms with van der Waals surface area (Å²) in [5, 5.41) is 16.0. The summed E-state index contributed by atoms with van der Waals surface area (Å²) in [7, 11) is 0. The van der Waals surface area contributed by atoms with Crippen LogP contribution in [0, 0.1) is 0 Å². The molecule has 3 nitrogen and oxygen atoms in total. The van der Waals surface area contributed by atoms with Gasteiger partial charge < -0.3 is 15.2 Å². The smallest absolute Gasteiger partial charge is 0.0709 e. The van der Waals surface area contributed by atoms with Gasteiger partial charge in [0.2, 0.25) is 0 Å². The van der Waals surface area contributed by atoms with Gasteiger partial charge in [-0.1, -0.05) is 6.07 Å². The van der Waals surface area contributed by atoms with E-state index in [4.69, 9.17) is 4.74 Å². The summed E-state index contributed by atoms with van der Waals surface area (Å²) < 4.78 is 5.65. The van der Waals surface area contributed by atoms with E-state index in [9.17, 15) is 5.11 Å². The van der Waals surface area contributed by atoms with Crippen molar-refractivity contribution in [3.63, 3.8) is 0 Å². The monoisotopic (exact) mass is 269 g/mol. The quantitative estimate of drug-likeness (QED) is 0.807. The first-order valence-corrected chi connectivity index (χ1v) is 7.47. The molecule has 0 saturated carbocycles. The molecule has 0 amide bonds. The third kappa shape index (κ3) is 4.05. The first-order chi connectivity index (χ1) is 8.49. The van der Waals surface area contributed by atoms with Crippen molar-refractivity contribution < 1.29 is 9.84 Å². The van der Waals surface area contributed by atoms with E-state index in [0.29, 0.717) is 6.61 Å². The van der Waals surface area contributed by atoms with Gasteiger partial charge in [0.1, 0.15) is 0 Å². The molecule has 1 aliphatic rings. The Morgan fingerprint density at radius 2 is 2.33 bits per heavy atom. The van der Waals surface area contributed by atoms with Crippen molar-refractivity contribution in [2.24, 2.45) is 0 Å². The normalized spacial score (nSPS) is 27.3. The van der Waals surface area contributed by atoms with Crippen molar-refractivity contribution in [1.29, 1.82) is 0 Å². The Morgan fingerprint density at radius 1 is 1.50 bits per heavy atom. The highest BCUT2D eigenvalue weighted by molar-refractivity contribution is 7.09. The van der Waals surface area contributed by atoms with Crippen molar-refractivity contribution in [1.82, 2.24) is 5.32 Å². The minimum absolute atomic E-state index is 0.194. The minimum atomic E-state index is -0.565. The molecule has 4 heteroatoms. The lowest BCUT2D eigenvalue weighted by Crippen LogP contribution is -2.47. The molecule has 2 N–H and O–H groups in total. The van der Waals surface area contributed by atoms with Gasteiger partial charge in [-0.25, -0.2) is 0 Å². The highest BCUT2D eigenvalue weighted by Crippen LogP contribution is 2.33. The minimum Gasteiger partial charge on any atom is -0.390 e. The maximum atomic E-state index is 10.5. The van der Waals surface area contributed by atoms with Crippen molar-refractivity contribution in [2.75, 3.05) is 13.2 Å². The van der Waals surface area contributed by atoms with Gasteiger partial charge in [-0.3, -0.25) is 0 Å². The first kappa shape index (κ1) is 14.0. The van der Waals surface area contributed by atoms with E-state index < -0.39 is 5.60 Å². The number of aliphatic hydroxyl groups is 1. The van der Waals surface area contributed by atoms with Crippen molar-refractivity contribution in [3.8, 4) is 0 Å². The number of rotatable bonds is 5. The highest BCUT2D eigenvalue weighted by atomic mass is 32.1. The van der Waals surface area contributed by atoms with Crippen LogP contribution in [0.3, 0.4) is 0 Å². The number of thiophene rings is 1. The molecule has 2 heterocycles. The molecule has 1 aliphatic heterocycles. The van der Waals surface area contributed by atoms with Crippen LogP contribution in [-0.4, -0.2) is 29.5 Å². The lowest BCUT2D eigenvalue weighted by molar-refractivity contribution is -0.146. The van der Waals surface area contributed by atoms with Crippen LogP contribution in [0.5, 0.6) is 0 Å². The number of ether oxygens (including phenoxy) is 1. The molecule has 0 spiro atoms. The summed E-state index contributed by atoms with van der Waals surface area (Å²) in [5.41, 5.74) is -0.759. The van der Waals surface area contributed by atoms with Gasteiger partial charge in [-0.15, -0.1) is 11.3 Å². The molecule has 2 rings (SSSR count). The predicted octanol–water partition coefficient (Wildman–Crippen LogP) is 2.55. The number of hydrogen-bond acceptors (Lipinski definition) is 4. The third-order valence-corrected chi connectivity index (χ3v) is 4.34. The van der Waals surface area contributed by atoms with E-state index in [-0.39, 0.29) is 5.60 Å². The van der Waals surface area contributed by atoms with Gasteiger partial charge in [-0.2, -0.15) is 0 Å². The van der Waals surface area contributed by atoms with Gasteiger partial charge in [0.15, 0.2) is 0 Å². The average Bonchev–Trinajstić information content (AvgIpc) is 2.75. The van der Waals surface area contributed by atoms with Crippen LogP contribution in [0.4, 0.5) is 0 Å². The van der Waals surface area contributed by atoms with Crippen LogP contribution in [0.25, 0.3) is 0 Å². The van der Waals surface area contributed by atoms with E-state index in [1.807, 2.05) is 0 Å². The Bertz CT molecular complexity index is 364. The van der Waals surface area contributed by atoms with E-state index in [0.717, 1.165) is 32.4 Å². The standard InChI is InChI=1S/C14H23NO2S/c1-13(2)11-14(16,6-8-17-13)5-7-15-10-12-4-3-9-18-12/h3-4,9,15-16H,5-8,10-11H2,1-2H3/t14-/m0/s1. The second-order valence-corrected chi connectivity index (χ2v) is 6.80. The lowest BCUT2D eigenvalue weighted by Gasteiger charge is -2.41. The Morgan fingerprint density at radius 3 is 3.00 bits per heavy atom. The molecule has 1 aromatic rings. The molecule has 1 fully saturated rings. The number of hydrogen-bond donors (Lipinski definition) is 2. The predicted molar refractivity (Wildman–Crippen MR) is 74.9 cm³/mol. The zero-order valence-corrected chi connectivity index (χ0v) is 12.1. The van der Waals surface area contributed by atoms with Crippen LogP contribution in [0.1, 0.15) is 38.0 Å². The second-order valence-electron chi connectivity index (χ2n) is 5.77. The van der Waals surface area contributed by atoms with Gasteiger partial charge in [-0.05, 0) is 44.7 Å². The topological polar surface area (TPSA) is 41.5 Å². The lowest BCUT2D eigenvalue weighted by atomic mass is 9.82. The Kier molecular flexibility index (Phi) is 4.43. The second kappa shape index (κ2) is 5.70. The fourth-order valence-electron chi connectivity index (χ4n) is 2.61. The molecule has 0 aromatic carbocycles. The molecular weight excluding hydrogens is 246 g/mol. The maximum Gasteiger partial charge on any atom is 0.0709 e. The van der Waals surface area contributed by atoms with Crippen molar-refractivity contribution in [2.45, 2.75) is 50.9 Å². The summed E-state index contributed by atoms with van der Waals surface area (Å²) >= 11 is 1.76. The van der Waals surface area contributed by atoms with Gasteiger partial charge in [0.05, 0.1) is 17.8 Å². The van der Waals surface area contributed by atoms with Gasteiger partial charge in [0, 0.05) is 17.8 Å². The van der Waals surface area contributed by atoms with Crippen LogP contribution in [0.2, 0.25) is 0 Å². The van der Waals surface area contributed by atoms with Crippen molar-refractivity contribution in [3.05, 3.63) is 22.4 Å². The van der Waals surface area contributed by atoms with Crippen LogP contribution in [0.15, 0.2) is 17.5 Å². The molecule has 0 bridgehead atoms. The van der Waals surface area contributed by atoms with Crippen LogP contribution >= 0.6 is 11.3 Å². The van der Waals surface area contributed by atoms with Gasteiger partial charge in [0.25, 0.3) is 0 Å². The Balaban J connectivity index is 1.72. The Labute approximate surface area is 113 Å². The fraction of sp³-hybridized carbons (Fsp3) is 0.714. The van der Waals surface area contributed by atoms with Crippen LogP contribution < -0.4 is 5.32 Å². The highest BCUT2D eigenvalue weighted by Gasteiger charge is 2.38. The molecule has 0 radical (unpaired) electrons. The third-order valence-electron chi connectivity index (χ3n) is 3.46. The molecule has 1 aromatic heterocycles.